The quantitative estimate of drug-likeness (QED) is 0.395. The van der Waals surface area contributed by atoms with Crippen molar-refractivity contribution in [1.82, 2.24) is 9.21 Å². The first kappa shape index (κ1) is 27.5. The zero-order valence-corrected chi connectivity index (χ0v) is 23.4. The summed E-state index contributed by atoms with van der Waals surface area (Å²) in [4.78, 5) is 15.2. The van der Waals surface area contributed by atoms with Gasteiger partial charge in [0.25, 0.3) is 0 Å². The van der Waals surface area contributed by atoms with Gasteiger partial charge in [0.05, 0.1) is 16.7 Å². The van der Waals surface area contributed by atoms with Gasteiger partial charge in [-0.1, -0.05) is 40.9 Å². The fourth-order valence-electron chi connectivity index (χ4n) is 5.02. The fraction of sp³-hybridized carbons (Fsp3) is 0.500. The van der Waals surface area contributed by atoms with Gasteiger partial charge in [-0.2, -0.15) is 4.31 Å². The lowest BCUT2D eigenvalue weighted by Gasteiger charge is -2.42. The van der Waals surface area contributed by atoms with Gasteiger partial charge in [0, 0.05) is 43.0 Å². The Bertz CT molecular complexity index is 1220. The fourth-order valence-corrected chi connectivity index (χ4v) is 7.47. The normalized spacial score (nSPS) is 21.4. The number of likely N-dealkylation sites (tertiary alicyclic amines) is 1. The number of aryl methyl sites for hydroxylation is 1. The topological polar surface area (TPSA) is 66.9 Å². The van der Waals surface area contributed by atoms with Gasteiger partial charge in [0.2, 0.25) is 15.9 Å². The molecule has 6 nitrogen and oxygen atoms in total. The number of carbonyl (C=O) groups is 1. The van der Waals surface area contributed by atoms with Crippen molar-refractivity contribution < 1.29 is 17.9 Å². The Morgan fingerprint density at radius 3 is 2.47 bits per heavy atom. The van der Waals surface area contributed by atoms with Gasteiger partial charge >= 0.3 is 0 Å². The molecular weight excluding hydrogens is 543 g/mol. The number of nitrogens with zero attached hydrogens (tertiary/aromatic N) is 2. The molecule has 2 aliphatic heterocycles. The number of hydrogen-bond donors (Lipinski definition) is 0. The lowest BCUT2D eigenvalue weighted by molar-refractivity contribution is -0.136. The molecule has 2 fully saturated rings. The summed E-state index contributed by atoms with van der Waals surface area (Å²) in [6.45, 7) is 4.09. The Morgan fingerprint density at radius 2 is 1.75 bits per heavy atom. The standard InChI is InChI=1S/C26H31Cl3N2O4S/c1-19-15-20(9-10-21(19)27)35-18-26(16-24(32)30-12-3-2-4-13-30)11-6-14-31(17-26)36(33,34)23-8-5-7-22(28)25(23)29/h5,7-10,15H,2-4,6,11-14,16-18H2,1H3/t26-/m0/s1. The SMILES string of the molecule is Cc1cc(OC[C@]2(CC(=O)N3CCCCC3)CCCN(S(=O)(=O)c3cccc(Cl)c3Cl)C2)ccc1Cl. The molecule has 36 heavy (non-hydrogen) atoms. The lowest BCUT2D eigenvalue weighted by Crippen LogP contribution is -2.51. The van der Waals surface area contributed by atoms with Crippen molar-refractivity contribution in [2.24, 2.45) is 5.41 Å². The predicted molar refractivity (Wildman–Crippen MR) is 144 cm³/mol. The Kier molecular flexibility index (Phi) is 8.78. The summed E-state index contributed by atoms with van der Waals surface area (Å²) in [6.07, 6.45) is 4.61. The van der Waals surface area contributed by atoms with Crippen LogP contribution in [0.4, 0.5) is 0 Å². The van der Waals surface area contributed by atoms with Gasteiger partial charge in [-0.3, -0.25) is 4.79 Å². The number of halogens is 3. The molecule has 2 aliphatic rings. The van der Waals surface area contributed by atoms with E-state index in [0.29, 0.717) is 30.2 Å². The summed E-state index contributed by atoms with van der Waals surface area (Å²) in [6, 6.07) is 10.0. The number of piperidine rings is 2. The van der Waals surface area contributed by atoms with Crippen molar-refractivity contribution in [3.05, 3.63) is 57.0 Å². The molecule has 0 radical (unpaired) electrons. The van der Waals surface area contributed by atoms with Crippen molar-refractivity contribution >= 4 is 50.7 Å². The van der Waals surface area contributed by atoms with E-state index in [2.05, 4.69) is 0 Å². The first-order valence-corrected chi connectivity index (χ1v) is 14.8. The second-order valence-corrected chi connectivity index (χ2v) is 12.9. The lowest BCUT2D eigenvalue weighted by atomic mass is 9.78. The highest BCUT2D eigenvalue weighted by molar-refractivity contribution is 7.89. The molecule has 2 heterocycles. The Hall–Kier alpha value is -1.51. The molecule has 0 spiro atoms. The summed E-state index contributed by atoms with van der Waals surface area (Å²) in [7, 11) is -3.92. The maximum atomic E-state index is 13.6. The molecule has 0 aliphatic carbocycles. The summed E-state index contributed by atoms with van der Waals surface area (Å²) < 4.78 is 34.9. The third kappa shape index (κ3) is 6.13. The minimum Gasteiger partial charge on any atom is -0.493 e. The van der Waals surface area contributed by atoms with Crippen LogP contribution in [0, 0.1) is 12.3 Å². The molecule has 1 amide bonds. The zero-order valence-electron chi connectivity index (χ0n) is 20.3. The van der Waals surface area contributed by atoms with Crippen molar-refractivity contribution in [2.75, 3.05) is 32.8 Å². The highest BCUT2D eigenvalue weighted by atomic mass is 35.5. The van der Waals surface area contributed by atoms with E-state index in [1.54, 1.807) is 24.3 Å². The first-order valence-electron chi connectivity index (χ1n) is 12.2. The van der Waals surface area contributed by atoms with Crippen LogP contribution in [-0.4, -0.2) is 56.3 Å². The molecule has 2 aromatic carbocycles. The van der Waals surface area contributed by atoms with Crippen LogP contribution >= 0.6 is 34.8 Å². The zero-order chi connectivity index (χ0) is 25.9. The van der Waals surface area contributed by atoms with Crippen LogP contribution in [-0.2, 0) is 14.8 Å². The van der Waals surface area contributed by atoms with Crippen LogP contribution < -0.4 is 4.74 Å². The molecule has 2 aromatic rings. The molecule has 0 aromatic heterocycles. The monoisotopic (exact) mass is 572 g/mol. The minimum absolute atomic E-state index is 0.00706. The molecule has 0 N–H and O–H groups in total. The number of hydrogen-bond acceptors (Lipinski definition) is 4. The Morgan fingerprint density at radius 1 is 1.00 bits per heavy atom. The molecule has 1 atom stereocenters. The maximum Gasteiger partial charge on any atom is 0.244 e. The average molecular weight is 574 g/mol. The molecule has 4 rings (SSSR count). The number of benzene rings is 2. The van der Waals surface area contributed by atoms with Crippen LogP contribution in [0.15, 0.2) is 41.3 Å². The van der Waals surface area contributed by atoms with E-state index in [1.165, 1.54) is 10.4 Å². The maximum absolute atomic E-state index is 13.6. The summed E-state index contributed by atoms with van der Waals surface area (Å²) in [5.74, 6) is 0.685. The molecule has 10 heteroatoms. The Balaban J connectivity index is 1.61. The molecule has 0 bridgehead atoms. The smallest absolute Gasteiger partial charge is 0.244 e. The highest BCUT2D eigenvalue weighted by Crippen LogP contribution is 2.39. The van der Waals surface area contributed by atoms with Crippen LogP contribution in [0.25, 0.3) is 0 Å². The van der Waals surface area contributed by atoms with E-state index in [1.807, 2.05) is 17.9 Å². The van der Waals surface area contributed by atoms with Gasteiger partial charge in [-0.25, -0.2) is 8.42 Å². The van der Waals surface area contributed by atoms with Gasteiger partial charge in [-0.05, 0) is 74.9 Å². The van der Waals surface area contributed by atoms with Crippen molar-refractivity contribution in [1.29, 1.82) is 0 Å². The van der Waals surface area contributed by atoms with Crippen LogP contribution in [0.2, 0.25) is 15.1 Å². The number of rotatable bonds is 7. The number of amides is 1. The van der Waals surface area contributed by atoms with Gasteiger partial charge in [-0.15, -0.1) is 0 Å². The third-order valence-corrected chi connectivity index (χ3v) is 10.3. The van der Waals surface area contributed by atoms with Crippen molar-refractivity contribution in [3.63, 3.8) is 0 Å². The van der Waals surface area contributed by atoms with Crippen molar-refractivity contribution in [2.45, 2.75) is 50.3 Å². The summed E-state index contributed by atoms with van der Waals surface area (Å²) in [5, 5.41) is 0.834. The molecule has 196 valence electrons. The highest BCUT2D eigenvalue weighted by Gasteiger charge is 2.43. The average Bonchev–Trinajstić information content (AvgIpc) is 2.87. The predicted octanol–water partition coefficient (Wildman–Crippen LogP) is 6.21. The van der Waals surface area contributed by atoms with E-state index in [-0.39, 0.29) is 40.4 Å². The molecular formula is C26H31Cl3N2O4S. The van der Waals surface area contributed by atoms with E-state index >= 15 is 0 Å². The van der Waals surface area contributed by atoms with E-state index in [0.717, 1.165) is 37.9 Å². The van der Waals surface area contributed by atoms with E-state index in [4.69, 9.17) is 39.5 Å². The summed E-state index contributed by atoms with van der Waals surface area (Å²) in [5.41, 5.74) is 0.203. The van der Waals surface area contributed by atoms with Crippen LogP contribution in [0.3, 0.4) is 0 Å². The second-order valence-electron chi connectivity index (χ2n) is 9.81. The van der Waals surface area contributed by atoms with E-state index in [9.17, 15) is 13.2 Å². The van der Waals surface area contributed by atoms with Crippen LogP contribution in [0.1, 0.15) is 44.1 Å². The first-order chi connectivity index (χ1) is 17.1. The number of ether oxygens (including phenoxy) is 1. The van der Waals surface area contributed by atoms with Gasteiger partial charge < -0.3 is 9.64 Å². The Labute approximate surface area is 228 Å². The molecule has 0 unspecified atom stereocenters. The van der Waals surface area contributed by atoms with Gasteiger partial charge in [0.1, 0.15) is 10.6 Å². The number of carbonyl (C=O) groups excluding carboxylic acids is 1. The van der Waals surface area contributed by atoms with E-state index < -0.39 is 15.4 Å². The van der Waals surface area contributed by atoms with Gasteiger partial charge in [0.15, 0.2) is 0 Å². The largest absolute Gasteiger partial charge is 0.493 e. The van der Waals surface area contributed by atoms with Crippen molar-refractivity contribution in [3.8, 4) is 5.75 Å². The summed E-state index contributed by atoms with van der Waals surface area (Å²) >= 11 is 18.6. The second kappa shape index (κ2) is 11.5. The van der Waals surface area contributed by atoms with Crippen LogP contribution in [0.5, 0.6) is 5.75 Å². The molecule has 0 saturated carbocycles. The number of sulfonamides is 1. The molecule has 2 saturated heterocycles. The third-order valence-electron chi connectivity index (χ3n) is 7.07. The minimum atomic E-state index is -3.92.